The zero-order valence-electron chi connectivity index (χ0n) is 22.2. The van der Waals surface area contributed by atoms with Crippen molar-refractivity contribution in [2.75, 3.05) is 6.54 Å². The highest BCUT2D eigenvalue weighted by Gasteiger charge is 2.28. The summed E-state index contributed by atoms with van der Waals surface area (Å²) in [7, 11) is 0. The lowest BCUT2D eigenvalue weighted by Gasteiger charge is -2.23. The van der Waals surface area contributed by atoms with Gasteiger partial charge in [0.25, 0.3) is 0 Å². The largest absolute Gasteiger partial charge is 0.481 e. The van der Waals surface area contributed by atoms with E-state index in [1.54, 1.807) is 60.7 Å². The lowest BCUT2D eigenvalue weighted by atomic mass is 9.97. The van der Waals surface area contributed by atoms with Crippen molar-refractivity contribution in [2.24, 2.45) is 16.5 Å². The van der Waals surface area contributed by atoms with Crippen LogP contribution in [0.25, 0.3) is 0 Å². The van der Waals surface area contributed by atoms with Crippen molar-refractivity contribution < 1.29 is 34.1 Å². The molecule has 41 heavy (non-hydrogen) atoms. The van der Waals surface area contributed by atoms with E-state index >= 15 is 0 Å². The molecule has 3 aromatic carbocycles. The summed E-state index contributed by atoms with van der Waals surface area (Å²) in [6, 6.07) is 18.4. The first-order valence-corrected chi connectivity index (χ1v) is 12.9. The molecule has 0 spiro atoms. The molecular weight excluding hydrogens is 528 g/mol. The molecule has 0 aliphatic heterocycles. The Morgan fingerprint density at radius 2 is 1.59 bits per heavy atom. The highest BCUT2D eigenvalue weighted by molar-refractivity contribution is 5.91. The maximum atomic E-state index is 13.2. The number of nitrogens with zero attached hydrogens (tertiary/aromatic N) is 2. The van der Waals surface area contributed by atoms with Gasteiger partial charge in [0, 0.05) is 13.0 Å². The second-order valence-corrected chi connectivity index (χ2v) is 9.80. The fraction of sp³-hybridized carbons (Fsp3) is 0.233. The fourth-order valence-electron chi connectivity index (χ4n) is 4.84. The highest BCUT2D eigenvalue weighted by atomic mass is 16.5. The van der Waals surface area contributed by atoms with Gasteiger partial charge in [0.05, 0.1) is 17.7 Å². The zero-order valence-corrected chi connectivity index (χ0v) is 22.2. The summed E-state index contributed by atoms with van der Waals surface area (Å²) in [6.45, 7) is -0.350. The maximum Gasteiger partial charge on any atom is 0.343 e. The van der Waals surface area contributed by atoms with E-state index < -0.39 is 24.5 Å². The molecule has 1 unspecified atom stereocenters. The van der Waals surface area contributed by atoms with Crippen LogP contribution in [-0.4, -0.2) is 51.4 Å². The number of carbonyl (C=O) groups is 4. The summed E-state index contributed by atoms with van der Waals surface area (Å²) >= 11 is 0. The normalized spacial score (nSPS) is 13.6. The molecule has 0 bridgehead atoms. The molecule has 0 heterocycles. The minimum absolute atomic E-state index is 0.0858. The number of carboxylic acid groups (broad SMARTS) is 2. The predicted octanol–water partition coefficient (Wildman–Crippen LogP) is 2.97. The van der Waals surface area contributed by atoms with Crippen LogP contribution in [0.15, 0.2) is 71.7 Å². The Hall–Kier alpha value is -5.19. The monoisotopic (exact) mass is 558 g/mol. The third-order valence-electron chi connectivity index (χ3n) is 6.74. The Bertz CT molecular complexity index is 1480. The third kappa shape index (κ3) is 7.91. The SMILES string of the molecule is NC(N)=Nc1ccc(C(=O)Oc2ccc3c(c2)CCC3CC(=O)N(CC(=O)O)Cc2ccc(CC(=O)O)cc2)cc1. The van der Waals surface area contributed by atoms with Crippen LogP contribution in [0.4, 0.5) is 5.69 Å². The smallest absolute Gasteiger partial charge is 0.343 e. The van der Waals surface area contributed by atoms with E-state index in [0.29, 0.717) is 41.0 Å². The van der Waals surface area contributed by atoms with Crippen molar-refractivity contribution in [2.45, 2.75) is 38.1 Å². The number of hydrogen-bond acceptors (Lipinski definition) is 6. The van der Waals surface area contributed by atoms with Crippen LogP contribution < -0.4 is 16.2 Å². The molecule has 11 nitrogen and oxygen atoms in total. The number of amides is 1. The first-order chi connectivity index (χ1) is 19.6. The van der Waals surface area contributed by atoms with Gasteiger partial charge >= 0.3 is 17.9 Å². The Balaban J connectivity index is 1.40. The first kappa shape index (κ1) is 28.8. The minimum atomic E-state index is -1.12. The van der Waals surface area contributed by atoms with Crippen molar-refractivity contribution in [1.82, 2.24) is 4.90 Å². The van der Waals surface area contributed by atoms with Crippen LogP contribution in [0.2, 0.25) is 0 Å². The Morgan fingerprint density at radius 3 is 2.22 bits per heavy atom. The number of carboxylic acids is 2. The van der Waals surface area contributed by atoms with Crippen molar-refractivity contribution in [3.05, 3.63) is 94.5 Å². The van der Waals surface area contributed by atoms with E-state index in [1.165, 1.54) is 4.90 Å². The Labute approximate surface area is 236 Å². The Kier molecular flexibility index (Phi) is 8.98. The number of guanidine groups is 1. The zero-order chi connectivity index (χ0) is 29.5. The van der Waals surface area contributed by atoms with Gasteiger partial charge in [-0.1, -0.05) is 30.3 Å². The van der Waals surface area contributed by atoms with Gasteiger partial charge in [-0.15, -0.1) is 0 Å². The maximum absolute atomic E-state index is 13.2. The number of rotatable bonds is 11. The van der Waals surface area contributed by atoms with E-state index in [1.807, 2.05) is 6.07 Å². The molecule has 1 aliphatic carbocycles. The molecular formula is C30H30N4O7. The summed E-state index contributed by atoms with van der Waals surface area (Å²) in [5, 5.41) is 18.3. The van der Waals surface area contributed by atoms with Gasteiger partial charge in [-0.2, -0.15) is 0 Å². The van der Waals surface area contributed by atoms with Crippen LogP contribution in [0.5, 0.6) is 5.75 Å². The van der Waals surface area contributed by atoms with Crippen LogP contribution in [0.3, 0.4) is 0 Å². The number of aliphatic imine (C=N–C) groups is 1. The van der Waals surface area contributed by atoms with E-state index in [2.05, 4.69) is 4.99 Å². The number of aryl methyl sites for hydroxylation is 1. The van der Waals surface area contributed by atoms with Crippen molar-refractivity contribution in [1.29, 1.82) is 0 Å². The molecule has 0 aromatic heterocycles. The van der Waals surface area contributed by atoms with Crippen molar-refractivity contribution in [3.8, 4) is 5.75 Å². The number of nitrogens with two attached hydrogens (primary N) is 2. The molecule has 1 amide bonds. The number of hydrogen-bond donors (Lipinski definition) is 4. The molecule has 0 saturated carbocycles. The molecule has 0 saturated heterocycles. The second kappa shape index (κ2) is 12.8. The number of aliphatic carboxylic acids is 2. The van der Waals surface area contributed by atoms with Crippen LogP contribution in [0, 0.1) is 0 Å². The lowest BCUT2D eigenvalue weighted by molar-refractivity contribution is -0.145. The van der Waals surface area contributed by atoms with E-state index in [-0.39, 0.29) is 37.2 Å². The molecule has 3 aromatic rings. The molecule has 6 N–H and O–H groups in total. The molecule has 1 aliphatic rings. The molecule has 11 heteroatoms. The predicted molar refractivity (Wildman–Crippen MR) is 150 cm³/mol. The summed E-state index contributed by atoms with van der Waals surface area (Å²) in [6.07, 6.45) is 1.41. The van der Waals surface area contributed by atoms with Gasteiger partial charge in [-0.05, 0) is 77.4 Å². The topological polar surface area (TPSA) is 186 Å². The summed E-state index contributed by atoms with van der Waals surface area (Å²) in [4.78, 5) is 53.4. The van der Waals surface area contributed by atoms with E-state index in [4.69, 9.17) is 21.3 Å². The lowest BCUT2D eigenvalue weighted by Crippen LogP contribution is -2.35. The third-order valence-corrected chi connectivity index (χ3v) is 6.74. The summed E-state index contributed by atoms with van der Waals surface area (Å²) in [5.74, 6) is -2.70. The van der Waals surface area contributed by atoms with E-state index in [9.17, 15) is 24.3 Å². The van der Waals surface area contributed by atoms with Crippen molar-refractivity contribution in [3.63, 3.8) is 0 Å². The molecule has 212 valence electrons. The number of esters is 1. The quantitative estimate of drug-likeness (QED) is 0.119. The highest BCUT2D eigenvalue weighted by Crippen LogP contribution is 2.38. The van der Waals surface area contributed by atoms with Gasteiger partial charge in [-0.25, -0.2) is 9.79 Å². The van der Waals surface area contributed by atoms with Gasteiger partial charge < -0.3 is 31.3 Å². The molecule has 4 rings (SSSR count). The number of carbonyl (C=O) groups excluding carboxylic acids is 2. The number of fused-ring (bicyclic) bond motifs is 1. The van der Waals surface area contributed by atoms with Gasteiger partial charge in [-0.3, -0.25) is 14.4 Å². The number of ether oxygens (including phenoxy) is 1. The minimum Gasteiger partial charge on any atom is -0.481 e. The second-order valence-electron chi connectivity index (χ2n) is 9.80. The van der Waals surface area contributed by atoms with Crippen LogP contribution in [-0.2, 0) is 33.8 Å². The molecule has 1 atom stereocenters. The Morgan fingerprint density at radius 1 is 0.902 bits per heavy atom. The van der Waals surface area contributed by atoms with Gasteiger partial charge in [0.15, 0.2) is 5.96 Å². The summed E-state index contributed by atoms with van der Waals surface area (Å²) < 4.78 is 5.54. The number of benzene rings is 3. The van der Waals surface area contributed by atoms with E-state index in [0.717, 1.165) is 11.1 Å². The average Bonchev–Trinajstić information content (AvgIpc) is 3.30. The average molecular weight is 559 g/mol. The van der Waals surface area contributed by atoms with Gasteiger partial charge in [0.2, 0.25) is 5.91 Å². The van der Waals surface area contributed by atoms with Crippen LogP contribution in [0.1, 0.15) is 51.4 Å². The molecule has 0 fully saturated rings. The standard InChI is InChI=1S/C30H30N4O7/c31-30(32)33-23-9-7-20(8-10-23)29(40)41-24-11-12-25-21(14-24)5-6-22(25)15-26(35)34(17-28(38)39)16-19-3-1-18(2-4-19)13-27(36)37/h1-4,7-12,14,22H,5-6,13,15-17H2,(H,36,37)(H,38,39)(H4,31,32,33). The molecule has 0 radical (unpaired) electrons. The van der Waals surface area contributed by atoms with Crippen molar-refractivity contribution >= 4 is 35.5 Å². The fourth-order valence-corrected chi connectivity index (χ4v) is 4.84. The van der Waals surface area contributed by atoms with Crippen LogP contribution >= 0.6 is 0 Å². The first-order valence-electron chi connectivity index (χ1n) is 12.9. The summed E-state index contributed by atoms with van der Waals surface area (Å²) in [5.41, 5.74) is 14.8. The van der Waals surface area contributed by atoms with Gasteiger partial charge in [0.1, 0.15) is 12.3 Å².